The summed E-state index contributed by atoms with van der Waals surface area (Å²) >= 11 is 6.34. The normalized spacial score (nSPS) is 11.7. The number of H-pyrrole nitrogens is 1. The molecule has 0 aliphatic heterocycles. The Balaban J connectivity index is 1.20. The van der Waals surface area contributed by atoms with Gasteiger partial charge in [0.05, 0.1) is 35.9 Å². The van der Waals surface area contributed by atoms with Gasteiger partial charge >= 0.3 is 0 Å². The molecule has 0 bridgehead atoms. The van der Waals surface area contributed by atoms with Gasteiger partial charge in [-0.2, -0.15) is 5.10 Å². The summed E-state index contributed by atoms with van der Waals surface area (Å²) in [5.41, 5.74) is 7.59. The number of hydrogen-bond acceptors (Lipinski definition) is 7. The summed E-state index contributed by atoms with van der Waals surface area (Å²) < 4.78 is 36.3. The molecule has 54 heavy (non-hydrogen) atoms. The number of aromatic nitrogens is 4. The molecule has 0 aliphatic carbocycles. The van der Waals surface area contributed by atoms with Crippen LogP contribution in [0.25, 0.3) is 22.0 Å². The molecule has 282 valence electrons. The lowest BCUT2D eigenvalue weighted by molar-refractivity contribution is 0.0946. The van der Waals surface area contributed by atoms with Crippen molar-refractivity contribution < 1.29 is 27.9 Å². The number of carbonyl (C=O) groups is 2. The summed E-state index contributed by atoms with van der Waals surface area (Å²) in [4.78, 5) is 30.3. The van der Waals surface area contributed by atoms with Gasteiger partial charge in [-0.25, -0.2) is 8.42 Å². The Hall–Kier alpha value is -5.17. The number of amides is 1. The summed E-state index contributed by atoms with van der Waals surface area (Å²) in [6.07, 6.45) is 2.76. The SMILES string of the molecule is Cc1cc(OCCCc2c(C(=O)CS(=O)(=O)CCNC(=O)c3cccn3Cc3ccccc3)[nH]c3c(-c4c(CO)nn(C)c4C)cccc23)cc(C)c1Cl. The maximum Gasteiger partial charge on any atom is 0.267 e. The van der Waals surface area contributed by atoms with Gasteiger partial charge in [0.2, 0.25) is 0 Å². The zero-order valence-electron chi connectivity index (χ0n) is 30.8. The molecule has 0 unspecified atom stereocenters. The number of hydrogen-bond donors (Lipinski definition) is 3. The van der Waals surface area contributed by atoms with E-state index in [2.05, 4.69) is 15.4 Å². The molecule has 0 saturated carbocycles. The van der Waals surface area contributed by atoms with Crippen molar-refractivity contribution in [3.05, 3.63) is 129 Å². The number of ketones is 1. The number of nitrogens with zero attached hydrogens (tertiary/aromatic N) is 3. The minimum atomic E-state index is -3.93. The van der Waals surface area contributed by atoms with E-state index in [0.717, 1.165) is 38.9 Å². The van der Waals surface area contributed by atoms with E-state index in [1.807, 2.05) is 81.4 Å². The van der Waals surface area contributed by atoms with Crippen LogP contribution in [0.15, 0.2) is 79.0 Å². The molecule has 0 spiro atoms. The molecule has 6 aromatic rings. The molecule has 0 fully saturated rings. The van der Waals surface area contributed by atoms with E-state index in [4.69, 9.17) is 16.3 Å². The highest BCUT2D eigenvalue weighted by Gasteiger charge is 2.26. The van der Waals surface area contributed by atoms with E-state index in [9.17, 15) is 23.1 Å². The first-order valence-corrected chi connectivity index (χ1v) is 19.9. The van der Waals surface area contributed by atoms with Crippen molar-refractivity contribution in [2.24, 2.45) is 7.05 Å². The number of halogens is 1. The van der Waals surface area contributed by atoms with Crippen LogP contribution in [0.1, 0.15) is 61.0 Å². The van der Waals surface area contributed by atoms with E-state index in [1.54, 1.807) is 34.6 Å². The fourth-order valence-electron chi connectivity index (χ4n) is 6.84. The average Bonchev–Trinajstić information content (AvgIpc) is 3.84. The molecule has 13 heteroatoms. The number of benzene rings is 3. The van der Waals surface area contributed by atoms with Gasteiger partial charge in [0.15, 0.2) is 15.6 Å². The third kappa shape index (κ3) is 8.46. The maximum atomic E-state index is 14.0. The van der Waals surface area contributed by atoms with Gasteiger partial charge in [-0.15, -0.1) is 0 Å². The summed E-state index contributed by atoms with van der Waals surface area (Å²) in [5, 5.41) is 18.8. The number of sulfone groups is 1. The van der Waals surface area contributed by atoms with Gasteiger partial charge in [0.25, 0.3) is 5.91 Å². The third-order valence-electron chi connectivity index (χ3n) is 9.60. The fourth-order valence-corrected chi connectivity index (χ4v) is 8.05. The van der Waals surface area contributed by atoms with Crippen LogP contribution < -0.4 is 10.1 Å². The van der Waals surface area contributed by atoms with Gasteiger partial charge in [0, 0.05) is 53.6 Å². The molecule has 0 radical (unpaired) electrons. The number of carbonyl (C=O) groups excluding carboxylic acids is 2. The van der Waals surface area contributed by atoms with Gasteiger partial charge in [-0.05, 0) is 80.1 Å². The lowest BCUT2D eigenvalue weighted by atomic mass is 9.98. The van der Waals surface area contributed by atoms with Crippen LogP contribution in [0.3, 0.4) is 0 Å². The molecular formula is C41H44ClN5O6S. The van der Waals surface area contributed by atoms with E-state index in [1.165, 1.54) is 0 Å². The van der Waals surface area contributed by atoms with Gasteiger partial charge in [0.1, 0.15) is 17.2 Å². The summed E-state index contributed by atoms with van der Waals surface area (Å²) in [5.74, 6) is -1.44. The number of rotatable bonds is 16. The minimum absolute atomic E-state index is 0.153. The molecule has 0 atom stereocenters. The number of aliphatic hydroxyl groups is 1. The van der Waals surface area contributed by atoms with Crippen molar-refractivity contribution in [3.63, 3.8) is 0 Å². The number of ether oxygens (including phenoxy) is 1. The minimum Gasteiger partial charge on any atom is -0.494 e. The second-order valence-corrected chi connectivity index (χ2v) is 16.1. The first kappa shape index (κ1) is 38.6. The second kappa shape index (κ2) is 16.5. The number of nitrogens with one attached hydrogen (secondary N) is 2. The molecule has 3 heterocycles. The molecule has 3 N–H and O–H groups in total. The molecule has 0 saturated heterocycles. The topological polar surface area (TPSA) is 148 Å². The van der Waals surface area contributed by atoms with Crippen molar-refractivity contribution >= 4 is 44.0 Å². The Bertz CT molecular complexity index is 2410. The van der Waals surface area contributed by atoms with Crippen molar-refractivity contribution in [1.29, 1.82) is 0 Å². The Morgan fingerprint density at radius 2 is 1.74 bits per heavy atom. The lowest BCUT2D eigenvalue weighted by Crippen LogP contribution is -2.32. The second-order valence-electron chi connectivity index (χ2n) is 13.5. The number of para-hydroxylation sites is 1. The van der Waals surface area contributed by atoms with Crippen LogP contribution in [0.5, 0.6) is 5.75 Å². The standard InChI is InChI=1S/C41H44ClN5O6S/c1-26-21-30(22-27(2)38(26)42)53-19-10-15-32-31-13-8-14-33(37-28(3)46(4)45-34(37)24-48)39(31)44-40(32)36(49)25-54(51,52)20-17-43-41(50)35-16-9-18-47(35)23-29-11-6-5-7-12-29/h5-9,11-14,16,18,21-22,44,48H,10,15,17,19-20,23-25H2,1-4H3,(H,43,50). The summed E-state index contributed by atoms with van der Waals surface area (Å²) in [6, 6.07) is 22.6. The zero-order valence-corrected chi connectivity index (χ0v) is 32.4. The Morgan fingerprint density at radius 3 is 2.46 bits per heavy atom. The third-order valence-corrected chi connectivity index (χ3v) is 11.7. The number of aromatic amines is 1. The first-order valence-electron chi connectivity index (χ1n) is 17.7. The summed E-state index contributed by atoms with van der Waals surface area (Å²) in [7, 11) is -2.13. The van der Waals surface area contributed by atoms with E-state index in [0.29, 0.717) is 59.2 Å². The molecule has 0 aliphatic rings. The van der Waals surface area contributed by atoms with Crippen molar-refractivity contribution in [3.8, 4) is 16.9 Å². The molecule has 11 nitrogen and oxygen atoms in total. The highest BCUT2D eigenvalue weighted by atomic mass is 35.5. The predicted octanol–water partition coefficient (Wildman–Crippen LogP) is 6.53. The number of aliphatic hydroxyl groups excluding tert-OH is 1. The largest absolute Gasteiger partial charge is 0.494 e. The van der Waals surface area contributed by atoms with Crippen molar-refractivity contribution in [2.75, 3.05) is 24.7 Å². The van der Waals surface area contributed by atoms with E-state index >= 15 is 0 Å². The Kier molecular flexibility index (Phi) is 11.8. The first-order chi connectivity index (χ1) is 25.9. The highest BCUT2D eigenvalue weighted by molar-refractivity contribution is 7.92. The Morgan fingerprint density at radius 1 is 1.00 bits per heavy atom. The zero-order chi connectivity index (χ0) is 38.6. The Labute approximate surface area is 319 Å². The molecule has 3 aromatic carbocycles. The van der Waals surface area contributed by atoms with Gasteiger partial charge < -0.3 is 24.7 Å². The molecule has 1 amide bonds. The predicted molar refractivity (Wildman–Crippen MR) is 211 cm³/mol. The van der Waals surface area contributed by atoms with E-state index < -0.39 is 33.0 Å². The van der Waals surface area contributed by atoms with Gasteiger partial charge in [-0.3, -0.25) is 14.3 Å². The van der Waals surface area contributed by atoms with Crippen LogP contribution in [0, 0.1) is 20.8 Å². The van der Waals surface area contributed by atoms with Crippen LogP contribution in [-0.2, 0) is 36.5 Å². The molecule has 6 rings (SSSR count). The highest BCUT2D eigenvalue weighted by Crippen LogP contribution is 2.36. The maximum absolute atomic E-state index is 14.0. The van der Waals surface area contributed by atoms with Crippen LogP contribution in [0.2, 0.25) is 5.02 Å². The van der Waals surface area contributed by atoms with Crippen LogP contribution in [-0.4, -0.2) is 69.2 Å². The lowest BCUT2D eigenvalue weighted by Gasteiger charge is -2.11. The van der Waals surface area contributed by atoms with Crippen molar-refractivity contribution in [1.82, 2.24) is 24.6 Å². The average molecular weight is 770 g/mol. The molecule has 3 aromatic heterocycles. The molecular weight excluding hydrogens is 726 g/mol. The monoisotopic (exact) mass is 769 g/mol. The fraction of sp³-hybridized carbons (Fsp3) is 0.293. The van der Waals surface area contributed by atoms with Crippen LogP contribution in [0.4, 0.5) is 0 Å². The van der Waals surface area contributed by atoms with Crippen LogP contribution >= 0.6 is 11.6 Å². The summed E-state index contributed by atoms with van der Waals surface area (Å²) in [6.45, 7) is 6.16. The quantitative estimate of drug-likeness (QED) is 0.0749. The van der Waals surface area contributed by atoms with Crippen molar-refractivity contribution in [2.45, 2.75) is 46.8 Å². The smallest absolute Gasteiger partial charge is 0.267 e. The van der Waals surface area contributed by atoms with E-state index in [-0.39, 0.29) is 18.8 Å². The number of fused-ring (bicyclic) bond motifs is 1. The number of aryl methyl sites for hydroxylation is 4. The number of Topliss-reactive ketones (excluding diaryl/α,β-unsaturated/α-hetero) is 1. The van der Waals surface area contributed by atoms with Gasteiger partial charge in [-0.1, -0.05) is 60.1 Å².